The second-order valence-electron chi connectivity index (χ2n) is 3.71. The molecule has 0 radical (unpaired) electrons. The second kappa shape index (κ2) is 5.38. The van der Waals surface area contributed by atoms with E-state index in [1.165, 1.54) is 11.8 Å². The molecule has 94 valence electrons. The van der Waals surface area contributed by atoms with Gasteiger partial charge in [-0.1, -0.05) is 6.07 Å². The Morgan fingerprint density at radius 1 is 1.32 bits per heavy atom. The summed E-state index contributed by atoms with van der Waals surface area (Å²) >= 11 is 2.94. The largest absolute Gasteiger partial charge is 0.300 e. The molecule has 1 N–H and O–H groups in total. The standard InChI is InChI=1S/C13H9N3OS2/c17-12-11(7-10-4-2-6-18-10)19-13(16-12)15-9-3-1-5-14-8-9/h1-8H,(H,15,16,17)/b11-7+. The summed E-state index contributed by atoms with van der Waals surface area (Å²) < 4.78 is 0. The van der Waals surface area contributed by atoms with Gasteiger partial charge in [-0.2, -0.15) is 0 Å². The van der Waals surface area contributed by atoms with E-state index in [9.17, 15) is 4.79 Å². The van der Waals surface area contributed by atoms with Crippen molar-refractivity contribution in [1.82, 2.24) is 10.3 Å². The van der Waals surface area contributed by atoms with E-state index in [2.05, 4.69) is 15.3 Å². The van der Waals surface area contributed by atoms with Gasteiger partial charge in [-0.05, 0) is 41.4 Å². The lowest BCUT2D eigenvalue weighted by Gasteiger charge is -1.94. The summed E-state index contributed by atoms with van der Waals surface area (Å²) in [5.41, 5.74) is 0.725. The van der Waals surface area contributed by atoms with E-state index in [-0.39, 0.29) is 5.91 Å². The molecule has 0 saturated carbocycles. The number of rotatable bonds is 2. The summed E-state index contributed by atoms with van der Waals surface area (Å²) in [5, 5.41) is 5.31. The lowest BCUT2D eigenvalue weighted by Crippen LogP contribution is -2.19. The maximum Gasteiger partial charge on any atom is 0.264 e. The zero-order valence-corrected chi connectivity index (χ0v) is 11.4. The van der Waals surface area contributed by atoms with E-state index in [0.29, 0.717) is 10.1 Å². The van der Waals surface area contributed by atoms with Gasteiger partial charge in [-0.15, -0.1) is 11.3 Å². The first kappa shape index (κ1) is 12.1. The molecule has 0 bridgehead atoms. The molecular weight excluding hydrogens is 278 g/mol. The predicted molar refractivity (Wildman–Crippen MR) is 79.4 cm³/mol. The second-order valence-corrected chi connectivity index (χ2v) is 5.72. The van der Waals surface area contributed by atoms with Gasteiger partial charge in [0.2, 0.25) is 0 Å². The van der Waals surface area contributed by atoms with Crippen LogP contribution in [-0.2, 0) is 4.79 Å². The normalized spacial score (nSPS) is 19.1. The SMILES string of the molecule is O=C1NC(=Nc2cccnc2)S/C1=C/c1cccs1. The molecule has 19 heavy (non-hydrogen) atoms. The van der Waals surface area contributed by atoms with Crippen LogP contribution in [0, 0.1) is 0 Å². The molecule has 0 aromatic carbocycles. The number of nitrogens with zero attached hydrogens (tertiary/aromatic N) is 2. The fourth-order valence-corrected chi connectivity index (χ4v) is 3.08. The van der Waals surface area contributed by atoms with Gasteiger partial charge in [0.05, 0.1) is 16.8 Å². The van der Waals surface area contributed by atoms with Crippen LogP contribution in [0.5, 0.6) is 0 Å². The number of nitrogens with one attached hydrogen (secondary N) is 1. The third-order valence-electron chi connectivity index (χ3n) is 2.34. The Balaban J connectivity index is 1.82. The van der Waals surface area contributed by atoms with Crippen LogP contribution in [-0.4, -0.2) is 16.1 Å². The Bertz CT molecular complexity index is 648. The zero-order chi connectivity index (χ0) is 13.1. The molecule has 2 aromatic rings. The smallest absolute Gasteiger partial charge is 0.264 e. The van der Waals surface area contributed by atoms with Crippen LogP contribution >= 0.6 is 23.1 Å². The predicted octanol–water partition coefficient (Wildman–Crippen LogP) is 3.03. The van der Waals surface area contributed by atoms with Crippen LogP contribution in [0.2, 0.25) is 0 Å². The first-order valence-corrected chi connectivity index (χ1v) is 7.24. The molecule has 3 rings (SSSR count). The molecule has 1 aliphatic heterocycles. The van der Waals surface area contributed by atoms with E-state index in [4.69, 9.17) is 0 Å². The van der Waals surface area contributed by atoms with Crippen LogP contribution in [0.15, 0.2) is 51.9 Å². The quantitative estimate of drug-likeness (QED) is 0.864. The van der Waals surface area contributed by atoms with Crippen LogP contribution in [0.3, 0.4) is 0 Å². The van der Waals surface area contributed by atoms with E-state index < -0.39 is 0 Å². The monoisotopic (exact) mass is 287 g/mol. The summed E-state index contributed by atoms with van der Waals surface area (Å²) in [5.74, 6) is -0.110. The minimum absolute atomic E-state index is 0.110. The molecular formula is C13H9N3OS2. The Labute approximate surface area is 118 Å². The van der Waals surface area contributed by atoms with Gasteiger partial charge in [0, 0.05) is 11.1 Å². The average Bonchev–Trinajstić information content (AvgIpc) is 3.02. The van der Waals surface area contributed by atoms with Crippen molar-refractivity contribution in [3.63, 3.8) is 0 Å². The van der Waals surface area contributed by atoms with Crippen molar-refractivity contribution in [2.24, 2.45) is 4.99 Å². The highest BCUT2D eigenvalue weighted by atomic mass is 32.2. The Hall–Kier alpha value is -1.92. The van der Waals surface area contributed by atoms with Gasteiger partial charge >= 0.3 is 0 Å². The Morgan fingerprint density at radius 3 is 3.00 bits per heavy atom. The number of amides is 1. The van der Waals surface area contributed by atoms with E-state index in [1.54, 1.807) is 23.7 Å². The number of amidine groups is 1. The highest BCUT2D eigenvalue weighted by Gasteiger charge is 2.23. The number of pyridine rings is 1. The van der Waals surface area contributed by atoms with Crippen LogP contribution < -0.4 is 5.32 Å². The molecule has 1 fully saturated rings. The minimum Gasteiger partial charge on any atom is -0.300 e. The Morgan fingerprint density at radius 2 is 2.26 bits per heavy atom. The molecule has 3 heterocycles. The number of hydrogen-bond acceptors (Lipinski definition) is 5. The highest BCUT2D eigenvalue weighted by Crippen LogP contribution is 2.28. The number of thioether (sulfide) groups is 1. The number of thiophene rings is 1. The maximum atomic E-state index is 11.8. The average molecular weight is 287 g/mol. The first-order chi connectivity index (χ1) is 9.31. The van der Waals surface area contributed by atoms with Crippen molar-refractivity contribution < 1.29 is 4.79 Å². The van der Waals surface area contributed by atoms with Crippen molar-refractivity contribution in [3.8, 4) is 0 Å². The zero-order valence-electron chi connectivity index (χ0n) is 9.74. The summed E-state index contributed by atoms with van der Waals surface area (Å²) in [6.07, 6.45) is 5.21. The van der Waals surface area contributed by atoms with Crippen molar-refractivity contribution in [2.45, 2.75) is 0 Å². The molecule has 4 nitrogen and oxygen atoms in total. The lowest BCUT2D eigenvalue weighted by atomic mass is 10.4. The fourth-order valence-electron chi connectivity index (χ4n) is 1.52. The van der Waals surface area contributed by atoms with Crippen molar-refractivity contribution in [1.29, 1.82) is 0 Å². The van der Waals surface area contributed by atoms with Crippen LogP contribution in [0.4, 0.5) is 5.69 Å². The molecule has 1 saturated heterocycles. The van der Waals surface area contributed by atoms with Crippen molar-refractivity contribution >= 4 is 45.9 Å². The number of hydrogen-bond donors (Lipinski definition) is 1. The molecule has 0 unspecified atom stereocenters. The van der Waals surface area contributed by atoms with Gasteiger partial charge in [-0.3, -0.25) is 9.78 Å². The van der Waals surface area contributed by atoms with Crippen molar-refractivity contribution in [2.75, 3.05) is 0 Å². The summed E-state index contributed by atoms with van der Waals surface area (Å²) in [6, 6.07) is 7.58. The van der Waals surface area contributed by atoms with E-state index in [1.807, 2.05) is 35.7 Å². The number of aliphatic imine (C=N–C) groups is 1. The highest BCUT2D eigenvalue weighted by molar-refractivity contribution is 8.18. The van der Waals surface area contributed by atoms with Gasteiger partial charge < -0.3 is 5.32 Å². The van der Waals surface area contributed by atoms with Gasteiger partial charge in [0.1, 0.15) is 0 Å². The Kier molecular flexibility index (Phi) is 3.43. The third-order valence-corrected chi connectivity index (χ3v) is 4.07. The van der Waals surface area contributed by atoms with Crippen LogP contribution in [0.1, 0.15) is 4.88 Å². The number of carbonyl (C=O) groups excluding carboxylic acids is 1. The minimum atomic E-state index is -0.110. The maximum absolute atomic E-state index is 11.8. The number of aromatic nitrogens is 1. The molecule has 1 amide bonds. The van der Waals surface area contributed by atoms with Gasteiger partial charge in [0.25, 0.3) is 5.91 Å². The summed E-state index contributed by atoms with van der Waals surface area (Å²) in [6.45, 7) is 0. The molecule has 0 spiro atoms. The summed E-state index contributed by atoms with van der Waals surface area (Å²) in [7, 11) is 0. The first-order valence-electron chi connectivity index (χ1n) is 5.54. The van der Waals surface area contributed by atoms with Crippen LogP contribution in [0.25, 0.3) is 6.08 Å². The van der Waals surface area contributed by atoms with E-state index >= 15 is 0 Å². The molecule has 0 atom stereocenters. The lowest BCUT2D eigenvalue weighted by molar-refractivity contribution is -0.115. The van der Waals surface area contributed by atoms with E-state index in [0.717, 1.165) is 10.6 Å². The molecule has 1 aliphatic rings. The fraction of sp³-hybridized carbons (Fsp3) is 0. The molecule has 0 aliphatic carbocycles. The molecule has 2 aromatic heterocycles. The third kappa shape index (κ3) is 2.91. The molecule has 6 heteroatoms. The number of carbonyl (C=O) groups is 1. The summed E-state index contributed by atoms with van der Waals surface area (Å²) in [4.78, 5) is 21.8. The van der Waals surface area contributed by atoms with Gasteiger partial charge in [0.15, 0.2) is 5.17 Å². The van der Waals surface area contributed by atoms with Crippen molar-refractivity contribution in [3.05, 3.63) is 51.8 Å². The topological polar surface area (TPSA) is 54.4 Å². The van der Waals surface area contributed by atoms with Gasteiger partial charge in [-0.25, -0.2) is 4.99 Å².